The molecule has 0 aliphatic heterocycles. The number of aliphatic hydroxyl groups is 4. The van der Waals surface area contributed by atoms with E-state index in [1.807, 2.05) is 0 Å². The first-order valence-corrected chi connectivity index (χ1v) is 9.36. The molecule has 0 aromatic heterocycles. The Morgan fingerprint density at radius 1 is 1.14 bits per heavy atom. The Morgan fingerprint density at radius 3 is 2.41 bits per heavy atom. The number of aliphatic hydroxyl groups excluding tert-OH is 4. The lowest BCUT2D eigenvalue weighted by molar-refractivity contribution is -0.156. The number of methoxy groups -OCH3 is 1. The van der Waals surface area contributed by atoms with Crippen LogP contribution in [0.1, 0.15) is 29.3 Å². The van der Waals surface area contributed by atoms with Gasteiger partial charge in [0.25, 0.3) is 0 Å². The number of benzene rings is 2. The van der Waals surface area contributed by atoms with E-state index in [-0.39, 0.29) is 41.3 Å². The van der Waals surface area contributed by atoms with Gasteiger partial charge in [-0.1, -0.05) is 6.07 Å². The van der Waals surface area contributed by atoms with Crippen molar-refractivity contribution in [2.75, 3.05) is 13.7 Å². The van der Waals surface area contributed by atoms with E-state index >= 15 is 0 Å². The molecule has 5 atom stereocenters. The number of aryl methyl sites for hydroxylation is 1. The van der Waals surface area contributed by atoms with Crippen molar-refractivity contribution in [3.63, 3.8) is 0 Å². The zero-order chi connectivity index (χ0) is 21.5. The van der Waals surface area contributed by atoms with Crippen molar-refractivity contribution in [3.05, 3.63) is 29.3 Å². The van der Waals surface area contributed by atoms with E-state index in [1.54, 1.807) is 19.1 Å². The molecule has 8 nitrogen and oxygen atoms in total. The molecule has 0 bridgehead atoms. The van der Waals surface area contributed by atoms with E-state index in [0.717, 1.165) is 0 Å². The lowest BCUT2D eigenvalue weighted by Crippen LogP contribution is -2.56. The molecule has 1 fully saturated rings. The van der Waals surface area contributed by atoms with Crippen LogP contribution in [0.2, 0.25) is 0 Å². The zero-order valence-electron chi connectivity index (χ0n) is 16.5. The van der Waals surface area contributed by atoms with Gasteiger partial charge in [-0.05, 0) is 37.3 Å². The van der Waals surface area contributed by atoms with E-state index in [9.17, 15) is 30.3 Å². The summed E-state index contributed by atoms with van der Waals surface area (Å²) in [6.07, 6.45) is -5.05. The van der Waals surface area contributed by atoms with Gasteiger partial charge in [-0.15, -0.1) is 0 Å². The number of carbonyl (C=O) groups excluding carboxylic acids is 1. The molecule has 1 saturated carbocycles. The lowest BCUT2D eigenvalue weighted by Gasteiger charge is -2.39. The van der Waals surface area contributed by atoms with Crippen LogP contribution < -0.4 is 9.47 Å². The third kappa shape index (κ3) is 3.76. The number of hydrogen-bond donors (Lipinski definition) is 5. The van der Waals surface area contributed by atoms with Crippen molar-refractivity contribution in [1.82, 2.24) is 0 Å². The maximum absolute atomic E-state index is 12.0. The number of phenolic OH excluding ortho intramolecular Hbond substituents is 1. The third-order valence-corrected chi connectivity index (χ3v) is 5.55. The minimum absolute atomic E-state index is 0.0841. The topological polar surface area (TPSA) is 137 Å². The summed E-state index contributed by atoms with van der Waals surface area (Å²) in [6.45, 7) is 2.68. The van der Waals surface area contributed by atoms with Crippen LogP contribution in [0.15, 0.2) is 18.2 Å². The Hall–Kier alpha value is -2.39. The minimum atomic E-state index is -1.49. The molecule has 0 spiro atoms. The second-order valence-electron chi connectivity index (χ2n) is 7.50. The quantitative estimate of drug-likeness (QED) is 0.462. The van der Waals surface area contributed by atoms with Crippen LogP contribution in [0.5, 0.6) is 17.2 Å². The summed E-state index contributed by atoms with van der Waals surface area (Å²) in [5.41, 5.74) is 0.763. The van der Waals surface area contributed by atoms with Gasteiger partial charge in [-0.25, -0.2) is 0 Å². The fourth-order valence-electron chi connectivity index (χ4n) is 3.99. The Kier molecular flexibility index (Phi) is 6.00. The van der Waals surface area contributed by atoms with Gasteiger partial charge < -0.3 is 35.0 Å². The van der Waals surface area contributed by atoms with Crippen LogP contribution in [-0.4, -0.2) is 69.4 Å². The minimum Gasteiger partial charge on any atom is -0.506 e. The molecule has 0 heterocycles. The molecule has 29 heavy (non-hydrogen) atoms. The van der Waals surface area contributed by atoms with Crippen LogP contribution in [0.3, 0.4) is 0 Å². The van der Waals surface area contributed by atoms with Gasteiger partial charge >= 0.3 is 0 Å². The van der Waals surface area contributed by atoms with E-state index in [2.05, 4.69) is 0 Å². The van der Waals surface area contributed by atoms with Gasteiger partial charge in [0.2, 0.25) is 0 Å². The maximum Gasteiger partial charge on any atom is 0.163 e. The predicted molar refractivity (Wildman–Crippen MR) is 105 cm³/mol. The van der Waals surface area contributed by atoms with Crippen LogP contribution in [-0.2, 0) is 0 Å². The molecule has 2 aromatic carbocycles. The smallest absolute Gasteiger partial charge is 0.163 e. The Bertz CT molecular complexity index is 923. The van der Waals surface area contributed by atoms with Gasteiger partial charge in [0.15, 0.2) is 5.78 Å². The van der Waals surface area contributed by atoms with E-state index in [1.165, 1.54) is 20.1 Å². The second-order valence-corrected chi connectivity index (χ2v) is 7.50. The molecule has 3 rings (SSSR count). The number of hydrogen-bond acceptors (Lipinski definition) is 8. The largest absolute Gasteiger partial charge is 0.506 e. The summed E-state index contributed by atoms with van der Waals surface area (Å²) in [5.74, 6) is -0.635. The van der Waals surface area contributed by atoms with Crippen LogP contribution in [0, 0.1) is 12.8 Å². The number of rotatable bonds is 5. The SMILES string of the molecule is COc1cc(O[C@@H]2C[C@H](CO)[C@@H](O)[C@H](O)[C@H]2O)c2c(O)c(C(C)=O)c(C)cc2c1. The van der Waals surface area contributed by atoms with E-state index in [0.29, 0.717) is 16.7 Å². The molecule has 1 aliphatic carbocycles. The molecule has 0 saturated heterocycles. The number of aromatic hydroxyl groups is 1. The highest BCUT2D eigenvalue weighted by atomic mass is 16.5. The molecule has 8 heteroatoms. The first-order chi connectivity index (χ1) is 13.7. The Morgan fingerprint density at radius 2 is 1.83 bits per heavy atom. The van der Waals surface area contributed by atoms with Crippen molar-refractivity contribution in [3.8, 4) is 17.2 Å². The van der Waals surface area contributed by atoms with Crippen LogP contribution in [0.25, 0.3) is 10.8 Å². The predicted octanol–water partition coefficient (Wildman–Crippen LogP) is 0.907. The first-order valence-electron chi connectivity index (χ1n) is 9.36. The molecule has 158 valence electrons. The number of ether oxygens (including phenoxy) is 2. The standard InChI is InChI=1S/C21H26O8/c1-9-4-11-5-13(28-3)7-14(17(11)20(26)16(9)10(2)23)29-15-6-12(8-22)18(24)21(27)19(15)25/h4-5,7,12,15,18-19,21-22,24-27H,6,8H2,1-3H3/t12-,15-,18-,19+,21+/m1/s1. The highest BCUT2D eigenvalue weighted by Gasteiger charge is 2.43. The molecule has 0 amide bonds. The van der Waals surface area contributed by atoms with E-state index < -0.39 is 30.3 Å². The highest BCUT2D eigenvalue weighted by molar-refractivity contribution is 6.07. The average molecular weight is 406 g/mol. The fourth-order valence-corrected chi connectivity index (χ4v) is 3.99. The average Bonchev–Trinajstić information content (AvgIpc) is 2.67. The summed E-state index contributed by atoms with van der Waals surface area (Å²) in [7, 11) is 1.47. The van der Waals surface area contributed by atoms with Crippen molar-refractivity contribution in [2.45, 2.75) is 44.7 Å². The van der Waals surface area contributed by atoms with Gasteiger partial charge in [0.05, 0.1) is 24.2 Å². The van der Waals surface area contributed by atoms with Gasteiger partial charge in [-0.3, -0.25) is 4.79 Å². The number of phenols is 1. The third-order valence-electron chi connectivity index (χ3n) is 5.55. The molecular formula is C21H26O8. The fraction of sp³-hybridized carbons (Fsp3) is 0.476. The number of fused-ring (bicyclic) bond motifs is 1. The van der Waals surface area contributed by atoms with Crippen LogP contribution >= 0.6 is 0 Å². The van der Waals surface area contributed by atoms with Gasteiger partial charge in [0, 0.05) is 18.6 Å². The van der Waals surface area contributed by atoms with E-state index in [4.69, 9.17) is 9.47 Å². The summed E-state index contributed by atoms with van der Waals surface area (Å²) >= 11 is 0. The monoisotopic (exact) mass is 406 g/mol. The zero-order valence-corrected chi connectivity index (χ0v) is 16.5. The summed E-state index contributed by atoms with van der Waals surface area (Å²) < 4.78 is 11.2. The summed E-state index contributed by atoms with van der Waals surface area (Å²) in [5, 5.41) is 51.6. The lowest BCUT2D eigenvalue weighted by atomic mass is 9.81. The number of carbonyl (C=O) groups is 1. The molecule has 0 unspecified atom stereocenters. The first kappa shape index (κ1) is 21.3. The van der Waals surface area contributed by atoms with Crippen molar-refractivity contribution >= 4 is 16.6 Å². The molecular weight excluding hydrogens is 380 g/mol. The Balaban J connectivity index is 2.13. The van der Waals surface area contributed by atoms with Gasteiger partial charge in [-0.2, -0.15) is 0 Å². The van der Waals surface area contributed by atoms with Crippen molar-refractivity contribution in [1.29, 1.82) is 0 Å². The normalized spacial score (nSPS) is 27.1. The summed E-state index contributed by atoms with van der Waals surface area (Å²) in [6, 6.07) is 4.93. The molecule has 1 aliphatic rings. The number of ketones is 1. The number of Topliss-reactive ketones (excluding diaryl/α,β-unsaturated/α-hetero) is 1. The highest BCUT2D eigenvalue weighted by Crippen LogP contribution is 2.42. The molecule has 2 aromatic rings. The van der Waals surface area contributed by atoms with Gasteiger partial charge in [0.1, 0.15) is 35.6 Å². The second kappa shape index (κ2) is 8.16. The maximum atomic E-state index is 12.0. The molecule has 0 radical (unpaired) electrons. The van der Waals surface area contributed by atoms with Crippen LogP contribution in [0.4, 0.5) is 0 Å². The van der Waals surface area contributed by atoms with Crippen molar-refractivity contribution < 1.29 is 39.8 Å². The van der Waals surface area contributed by atoms with Crippen molar-refractivity contribution in [2.24, 2.45) is 5.92 Å². The Labute approximate surface area is 167 Å². The summed E-state index contributed by atoms with van der Waals surface area (Å²) in [4.78, 5) is 12.0. The molecule has 5 N–H and O–H groups in total.